The van der Waals surface area contributed by atoms with Crippen LogP contribution in [0.5, 0.6) is 0 Å². The zero-order valence-corrected chi connectivity index (χ0v) is 13.1. The van der Waals surface area contributed by atoms with Gasteiger partial charge in [0.05, 0.1) is 11.6 Å². The molecule has 3 N–H and O–H groups in total. The van der Waals surface area contributed by atoms with Crippen molar-refractivity contribution in [1.29, 1.82) is 0 Å². The Balaban J connectivity index is 1.90. The Morgan fingerprint density at radius 1 is 0.952 bits per heavy atom. The van der Waals surface area contributed by atoms with Crippen LogP contribution in [0, 0.1) is 0 Å². The summed E-state index contributed by atoms with van der Waals surface area (Å²) in [5.41, 5.74) is 8.29. The summed E-state index contributed by atoms with van der Waals surface area (Å²) in [7, 11) is 0. The second kappa shape index (κ2) is 5.88. The number of nitrogens with one attached hydrogen (secondary N) is 1. The molecule has 0 saturated heterocycles. The molecule has 0 saturated carbocycles. The van der Waals surface area contributed by atoms with Crippen LogP contribution in [0.4, 0.5) is 5.69 Å². The number of benzene rings is 2. The third-order valence-corrected chi connectivity index (χ3v) is 4.27. The molecule has 0 amide bonds. The van der Waals surface area contributed by atoms with E-state index in [9.17, 15) is 0 Å². The van der Waals surface area contributed by atoms with Crippen LogP contribution in [0.25, 0.3) is 0 Å². The minimum Gasteiger partial charge on any atom is -0.376 e. The standard InChI is InChI=1S/C18H17BrN2/c19-15-9-11-16(12-10-15)21-17-8-4-5-13-18(17,20)14-6-2-1-3-7-14/h1-13,17,21H,20H2. The number of hydrogen-bond acceptors (Lipinski definition) is 2. The molecular weight excluding hydrogens is 324 g/mol. The second-order valence-electron chi connectivity index (χ2n) is 5.17. The molecule has 2 atom stereocenters. The van der Waals surface area contributed by atoms with E-state index in [1.165, 1.54) is 0 Å². The molecule has 21 heavy (non-hydrogen) atoms. The number of hydrogen-bond donors (Lipinski definition) is 2. The first kappa shape index (κ1) is 14.1. The van der Waals surface area contributed by atoms with Crippen LogP contribution in [0.2, 0.25) is 0 Å². The van der Waals surface area contributed by atoms with Crippen LogP contribution in [0.3, 0.4) is 0 Å². The van der Waals surface area contributed by atoms with Crippen molar-refractivity contribution in [2.24, 2.45) is 5.73 Å². The number of rotatable bonds is 3. The molecule has 0 radical (unpaired) electrons. The van der Waals surface area contributed by atoms with E-state index in [1.54, 1.807) is 0 Å². The number of halogens is 1. The average Bonchev–Trinajstić information content (AvgIpc) is 2.53. The van der Waals surface area contributed by atoms with E-state index in [-0.39, 0.29) is 6.04 Å². The Bertz CT molecular complexity index is 661. The third kappa shape index (κ3) is 2.94. The highest BCUT2D eigenvalue weighted by molar-refractivity contribution is 9.10. The Labute approximate surface area is 133 Å². The van der Waals surface area contributed by atoms with Crippen LogP contribution in [0.15, 0.2) is 83.4 Å². The van der Waals surface area contributed by atoms with E-state index in [0.717, 1.165) is 15.7 Å². The maximum Gasteiger partial charge on any atom is 0.0839 e. The fraction of sp³-hybridized carbons (Fsp3) is 0.111. The zero-order valence-electron chi connectivity index (χ0n) is 11.5. The molecule has 2 aromatic carbocycles. The minimum absolute atomic E-state index is 0.00563. The lowest BCUT2D eigenvalue weighted by molar-refractivity contribution is 0.516. The Hall–Kier alpha value is -1.84. The molecule has 3 heteroatoms. The quantitative estimate of drug-likeness (QED) is 0.878. The van der Waals surface area contributed by atoms with Gasteiger partial charge in [-0.3, -0.25) is 0 Å². The molecule has 1 aliphatic carbocycles. The molecule has 0 bridgehead atoms. The maximum atomic E-state index is 6.69. The third-order valence-electron chi connectivity index (χ3n) is 3.74. The molecule has 3 rings (SSSR count). The lowest BCUT2D eigenvalue weighted by Gasteiger charge is -2.36. The molecule has 0 spiro atoms. The summed E-state index contributed by atoms with van der Waals surface area (Å²) in [6, 6.07) is 18.3. The SMILES string of the molecule is NC1(c2ccccc2)C=CC=CC1Nc1ccc(Br)cc1. The van der Waals surface area contributed by atoms with Gasteiger partial charge in [0.15, 0.2) is 0 Å². The van der Waals surface area contributed by atoms with Gasteiger partial charge in [-0.05, 0) is 29.8 Å². The predicted octanol–water partition coefficient (Wildman–Crippen LogP) is 4.21. The fourth-order valence-corrected chi connectivity index (χ4v) is 2.81. The smallest absolute Gasteiger partial charge is 0.0839 e. The summed E-state index contributed by atoms with van der Waals surface area (Å²) in [6.07, 6.45) is 8.20. The lowest BCUT2D eigenvalue weighted by atomic mass is 9.80. The highest BCUT2D eigenvalue weighted by Crippen LogP contribution is 2.30. The lowest BCUT2D eigenvalue weighted by Crippen LogP contribution is -2.50. The minimum atomic E-state index is -0.552. The van der Waals surface area contributed by atoms with Crippen molar-refractivity contribution in [3.8, 4) is 0 Å². The van der Waals surface area contributed by atoms with Gasteiger partial charge < -0.3 is 11.1 Å². The van der Waals surface area contributed by atoms with E-state index < -0.39 is 5.54 Å². The number of allylic oxidation sites excluding steroid dienone is 2. The van der Waals surface area contributed by atoms with Crippen molar-refractivity contribution in [1.82, 2.24) is 0 Å². The van der Waals surface area contributed by atoms with Gasteiger partial charge in [0, 0.05) is 10.2 Å². The largest absolute Gasteiger partial charge is 0.376 e. The molecule has 0 fully saturated rings. The highest BCUT2D eigenvalue weighted by atomic mass is 79.9. The van der Waals surface area contributed by atoms with Crippen molar-refractivity contribution in [3.63, 3.8) is 0 Å². The van der Waals surface area contributed by atoms with Gasteiger partial charge in [0.2, 0.25) is 0 Å². The van der Waals surface area contributed by atoms with Crippen LogP contribution in [-0.4, -0.2) is 6.04 Å². The van der Waals surface area contributed by atoms with Gasteiger partial charge >= 0.3 is 0 Å². The molecular formula is C18H17BrN2. The average molecular weight is 341 g/mol. The van der Waals surface area contributed by atoms with E-state index in [0.29, 0.717) is 0 Å². The molecule has 1 aliphatic rings. The predicted molar refractivity (Wildman–Crippen MR) is 92.1 cm³/mol. The van der Waals surface area contributed by atoms with Gasteiger partial charge in [-0.2, -0.15) is 0 Å². The Morgan fingerprint density at radius 2 is 1.67 bits per heavy atom. The molecule has 0 aliphatic heterocycles. The zero-order chi connectivity index (χ0) is 14.7. The number of nitrogens with two attached hydrogens (primary N) is 1. The van der Waals surface area contributed by atoms with Crippen molar-refractivity contribution in [3.05, 3.63) is 88.9 Å². The summed E-state index contributed by atoms with van der Waals surface area (Å²) in [5.74, 6) is 0. The first-order valence-corrected chi connectivity index (χ1v) is 7.70. The summed E-state index contributed by atoms with van der Waals surface area (Å²) >= 11 is 3.45. The first-order chi connectivity index (χ1) is 10.2. The number of anilines is 1. The van der Waals surface area contributed by atoms with Crippen LogP contribution < -0.4 is 11.1 Å². The van der Waals surface area contributed by atoms with Gasteiger partial charge in [0.25, 0.3) is 0 Å². The van der Waals surface area contributed by atoms with Crippen molar-refractivity contribution in [2.45, 2.75) is 11.6 Å². The van der Waals surface area contributed by atoms with Crippen molar-refractivity contribution < 1.29 is 0 Å². The van der Waals surface area contributed by atoms with E-state index in [2.05, 4.69) is 45.5 Å². The molecule has 2 nitrogen and oxygen atoms in total. The monoisotopic (exact) mass is 340 g/mol. The molecule has 2 unspecified atom stereocenters. The Kier molecular flexibility index (Phi) is 3.95. The van der Waals surface area contributed by atoms with E-state index in [4.69, 9.17) is 5.73 Å². The molecule has 106 valence electrons. The fourth-order valence-electron chi connectivity index (χ4n) is 2.55. The van der Waals surface area contributed by atoms with Gasteiger partial charge in [0.1, 0.15) is 0 Å². The molecule has 2 aromatic rings. The van der Waals surface area contributed by atoms with Crippen LogP contribution in [0.1, 0.15) is 5.56 Å². The second-order valence-corrected chi connectivity index (χ2v) is 6.09. The summed E-state index contributed by atoms with van der Waals surface area (Å²) in [5, 5.41) is 3.51. The Morgan fingerprint density at radius 3 is 2.38 bits per heavy atom. The normalized spacial score (nSPS) is 24.0. The summed E-state index contributed by atoms with van der Waals surface area (Å²) in [6.45, 7) is 0. The van der Waals surface area contributed by atoms with Crippen LogP contribution in [-0.2, 0) is 5.54 Å². The highest BCUT2D eigenvalue weighted by Gasteiger charge is 2.33. The van der Waals surface area contributed by atoms with Gasteiger partial charge in [-0.15, -0.1) is 0 Å². The summed E-state index contributed by atoms with van der Waals surface area (Å²) in [4.78, 5) is 0. The molecule has 0 aromatic heterocycles. The van der Waals surface area contributed by atoms with Crippen molar-refractivity contribution in [2.75, 3.05) is 5.32 Å². The van der Waals surface area contributed by atoms with Gasteiger partial charge in [-0.25, -0.2) is 0 Å². The van der Waals surface area contributed by atoms with Crippen molar-refractivity contribution >= 4 is 21.6 Å². The topological polar surface area (TPSA) is 38.0 Å². The maximum absolute atomic E-state index is 6.69. The van der Waals surface area contributed by atoms with E-state index in [1.807, 2.05) is 54.6 Å². The summed E-state index contributed by atoms with van der Waals surface area (Å²) < 4.78 is 1.06. The molecule has 0 heterocycles. The van der Waals surface area contributed by atoms with Crippen LogP contribution >= 0.6 is 15.9 Å². The van der Waals surface area contributed by atoms with Gasteiger partial charge in [-0.1, -0.05) is 70.6 Å². The first-order valence-electron chi connectivity index (χ1n) is 6.91. The van der Waals surface area contributed by atoms with E-state index >= 15 is 0 Å².